The maximum Gasteiger partial charge on any atom is 0.341 e. The Kier molecular flexibility index (Phi) is 6.94. The molecular formula is C15H20ClN3O3S2. The van der Waals surface area contributed by atoms with E-state index in [4.69, 9.17) is 4.74 Å². The zero-order chi connectivity index (χ0) is 16.2. The number of amides is 1. The summed E-state index contributed by atoms with van der Waals surface area (Å²) in [5.74, 6) is -0.190. The van der Waals surface area contributed by atoms with Gasteiger partial charge in [-0.2, -0.15) is 0 Å². The van der Waals surface area contributed by atoms with Crippen molar-refractivity contribution in [2.45, 2.75) is 26.2 Å². The fourth-order valence-electron chi connectivity index (χ4n) is 2.68. The average Bonchev–Trinajstić information content (AvgIpc) is 3.22. The van der Waals surface area contributed by atoms with Gasteiger partial charge < -0.3 is 15.4 Å². The van der Waals surface area contributed by atoms with Crippen LogP contribution in [0.2, 0.25) is 0 Å². The molecule has 2 heterocycles. The first kappa shape index (κ1) is 19.1. The fourth-order valence-corrected chi connectivity index (χ4v) is 4.70. The Bertz CT molecular complexity index is 661. The molecule has 1 aromatic heterocycles. The van der Waals surface area contributed by atoms with E-state index in [1.807, 2.05) is 0 Å². The summed E-state index contributed by atoms with van der Waals surface area (Å²) in [6.45, 7) is 3.70. The van der Waals surface area contributed by atoms with Crippen molar-refractivity contribution in [3.63, 3.8) is 0 Å². The lowest BCUT2D eigenvalue weighted by molar-refractivity contribution is -0.113. The highest BCUT2D eigenvalue weighted by Crippen LogP contribution is 2.39. The smallest absolute Gasteiger partial charge is 0.341 e. The number of carbonyl (C=O) groups is 2. The Labute approximate surface area is 155 Å². The van der Waals surface area contributed by atoms with Gasteiger partial charge in [-0.1, -0.05) is 11.8 Å². The summed E-state index contributed by atoms with van der Waals surface area (Å²) in [5.41, 5.74) is 1.61. The monoisotopic (exact) mass is 389 g/mol. The Balaban J connectivity index is 0.00000208. The van der Waals surface area contributed by atoms with Crippen LogP contribution in [-0.4, -0.2) is 42.5 Å². The van der Waals surface area contributed by atoms with Gasteiger partial charge in [0.05, 0.1) is 24.5 Å². The number of thiophene rings is 1. The number of hydrogen-bond donors (Lipinski definition) is 2. The number of esters is 1. The maximum absolute atomic E-state index is 12.2. The van der Waals surface area contributed by atoms with E-state index in [0.29, 0.717) is 17.2 Å². The van der Waals surface area contributed by atoms with E-state index < -0.39 is 0 Å². The molecule has 0 aromatic carbocycles. The van der Waals surface area contributed by atoms with Gasteiger partial charge in [0.2, 0.25) is 5.91 Å². The molecule has 1 aromatic rings. The van der Waals surface area contributed by atoms with Crippen molar-refractivity contribution >= 4 is 57.6 Å². The molecule has 0 fully saturated rings. The number of nitrogens with one attached hydrogen (secondary N) is 2. The van der Waals surface area contributed by atoms with E-state index in [-0.39, 0.29) is 30.0 Å². The largest absolute Gasteiger partial charge is 0.462 e. The highest BCUT2D eigenvalue weighted by atomic mass is 35.5. The van der Waals surface area contributed by atoms with Crippen molar-refractivity contribution in [2.75, 3.05) is 30.8 Å². The quantitative estimate of drug-likeness (QED) is 0.756. The highest BCUT2D eigenvalue weighted by Gasteiger charge is 2.28. The van der Waals surface area contributed by atoms with Crippen LogP contribution >= 0.6 is 35.5 Å². The van der Waals surface area contributed by atoms with E-state index in [9.17, 15) is 9.59 Å². The molecular weight excluding hydrogens is 370 g/mol. The summed E-state index contributed by atoms with van der Waals surface area (Å²) in [6, 6.07) is 0. The predicted octanol–water partition coefficient (Wildman–Crippen LogP) is 2.47. The summed E-state index contributed by atoms with van der Waals surface area (Å²) < 4.78 is 5.16. The number of fused-ring (bicyclic) bond motifs is 1. The molecule has 2 N–H and O–H groups in total. The first-order chi connectivity index (χ1) is 11.2. The molecule has 0 atom stereocenters. The van der Waals surface area contributed by atoms with Crippen LogP contribution in [-0.2, 0) is 22.4 Å². The van der Waals surface area contributed by atoms with Gasteiger partial charge >= 0.3 is 5.97 Å². The van der Waals surface area contributed by atoms with E-state index >= 15 is 0 Å². The van der Waals surface area contributed by atoms with Gasteiger partial charge in [-0.3, -0.25) is 9.79 Å². The number of amidine groups is 1. The highest BCUT2D eigenvalue weighted by molar-refractivity contribution is 8.14. The van der Waals surface area contributed by atoms with Crippen LogP contribution in [0.3, 0.4) is 0 Å². The topological polar surface area (TPSA) is 79.8 Å². The van der Waals surface area contributed by atoms with Crippen LogP contribution in [0.25, 0.3) is 0 Å². The second-order valence-corrected chi connectivity index (χ2v) is 7.30. The first-order valence-corrected chi connectivity index (χ1v) is 9.52. The molecule has 2 aliphatic rings. The third-order valence-corrected chi connectivity index (χ3v) is 5.80. The number of thioether (sulfide) groups is 1. The number of anilines is 1. The molecule has 24 heavy (non-hydrogen) atoms. The summed E-state index contributed by atoms with van der Waals surface area (Å²) in [4.78, 5) is 29.8. The van der Waals surface area contributed by atoms with Gasteiger partial charge in [0.15, 0.2) is 5.17 Å². The van der Waals surface area contributed by atoms with E-state index in [2.05, 4.69) is 15.6 Å². The number of halogens is 1. The van der Waals surface area contributed by atoms with E-state index in [1.54, 1.807) is 6.92 Å². The lowest BCUT2D eigenvalue weighted by Crippen LogP contribution is -2.20. The Morgan fingerprint density at radius 1 is 1.42 bits per heavy atom. The second-order valence-electron chi connectivity index (χ2n) is 5.23. The molecule has 0 saturated carbocycles. The molecule has 0 bridgehead atoms. The Morgan fingerprint density at radius 2 is 2.25 bits per heavy atom. The molecule has 0 saturated heterocycles. The van der Waals surface area contributed by atoms with Crippen LogP contribution in [0.4, 0.5) is 5.00 Å². The normalized spacial score (nSPS) is 15.1. The molecule has 3 rings (SSSR count). The predicted molar refractivity (Wildman–Crippen MR) is 101 cm³/mol. The minimum absolute atomic E-state index is 0. The van der Waals surface area contributed by atoms with Crippen molar-refractivity contribution in [3.8, 4) is 0 Å². The van der Waals surface area contributed by atoms with Gasteiger partial charge in [-0.05, 0) is 31.7 Å². The van der Waals surface area contributed by atoms with Gasteiger partial charge in [-0.25, -0.2) is 4.79 Å². The summed E-state index contributed by atoms with van der Waals surface area (Å²) in [5, 5.41) is 7.42. The standard InChI is InChI=1S/C15H19N3O3S2.ClH/c1-2-21-14(20)12-9-4-3-5-10(9)23-13(12)18-11(19)8-22-15-16-6-7-17-15;/h2-8H2,1H3,(H,16,17)(H,18,19);1H. The number of aryl methyl sites for hydroxylation is 1. The number of ether oxygens (including phenoxy) is 1. The summed E-state index contributed by atoms with van der Waals surface area (Å²) >= 11 is 2.88. The van der Waals surface area contributed by atoms with Crippen molar-refractivity contribution in [1.29, 1.82) is 0 Å². The zero-order valence-corrected chi connectivity index (χ0v) is 15.8. The lowest BCUT2D eigenvalue weighted by atomic mass is 10.1. The van der Waals surface area contributed by atoms with E-state index in [1.165, 1.54) is 28.0 Å². The molecule has 6 nitrogen and oxygen atoms in total. The van der Waals surface area contributed by atoms with Gasteiger partial charge in [0, 0.05) is 11.4 Å². The molecule has 9 heteroatoms. The fraction of sp³-hybridized carbons (Fsp3) is 0.533. The van der Waals surface area contributed by atoms with Crippen LogP contribution in [0.5, 0.6) is 0 Å². The molecule has 1 aliphatic carbocycles. The average molecular weight is 390 g/mol. The Morgan fingerprint density at radius 3 is 2.96 bits per heavy atom. The zero-order valence-electron chi connectivity index (χ0n) is 13.3. The minimum atomic E-state index is -0.336. The first-order valence-electron chi connectivity index (χ1n) is 7.71. The molecule has 0 radical (unpaired) electrons. The van der Waals surface area contributed by atoms with Crippen LogP contribution < -0.4 is 10.6 Å². The SMILES string of the molecule is CCOC(=O)c1c(NC(=O)CSC2=NCCN2)sc2c1CCC2.Cl. The number of aliphatic imine (C=N–C) groups is 1. The van der Waals surface area contributed by atoms with Crippen molar-refractivity contribution in [3.05, 3.63) is 16.0 Å². The summed E-state index contributed by atoms with van der Waals surface area (Å²) in [6.07, 6.45) is 2.91. The number of nitrogens with zero attached hydrogens (tertiary/aromatic N) is 1. The van der Waals surface area contributed by atoms with Crippen LogP contribution in [0.15, 0.2) is 4.99 Å². The number of carbonyl (C=O) groups excluding carboxylic acids is 2. The third kappa shape index (κ3) is 4.23. The summed E-state index contributed by atoms with van der Waals surface area (Å²) in [7, 11) is 0. The van der Waals surface area contributed by atoms with Crippen LogP contribution in [0.1, 0.15) is 34.1 Å². The number of hydrogen-bond acceptors (Lipinski definition) is 7. The van der Waals surface area contributed by atoms with Crippen molar-refractivity contribution in [2.24, 2.45) is 4.99 Å². The third-order valence-electron chi connectivity index (χ3n) is 3.64. The Hall–Kier alpha value is -1.25. The minimum Gasteiger partial charge on any atom is -0.462 e. The van der Waals surface area contributed by atoms with Gasteiger partial charge in [-0.15, -0.1) is 23.7 Å². The lowest BCUT2D eigenvalue weighted by Gasteiger charge is -2.08. The van der Waals surface area contributed by atoms with Gasteiger partial charge in [0.25, 0.3) is 0 Å². The molecule has 132 valence electrons. The molecule has 0 spiro atoms. The van der Waals surface area contributed by atoms with Gasteiger partial charge in [0.1, 0.15) is 5.00 Å². The second kappa shape index (κ2) is 8.73. The van der Waals surface area contributed by atoms with E-state index in [0.717, 1.165) is 43.1 Å². The molecule has 1 aliphatic heterocycles. The van der Waals surface area contributed by atoms with Crippen molar-refractivity contribution < 1.29 is 14.3 Å². The van der Waals surface area contributed by atoms with Crippen molar-refractivity contribution in [1.82, 2.24) is 5.32 Å². The maximum atomic E-state index is 12.2. The number of rotatable bonds is 5. The van der Waals surface area contributed by atoms with Crippen LogP contribution in [0, 0.1) is 0 Å². The molecule has 0 unspecified atom stereocenters. The molecule has 1 amide bonds.